The number of benzene rings is 1. The Bertz CT molecular complexity index is 672. The highest BCUT2D eigenvalue weighted by Crippen LogP contribution is 2.18. The van der Waals surface area contributed by atoms with Crippen LogP contribution in [-0.2, 0) is 14.8 Å². The van der Waals surface area contributed by atoms with Gasteiger partial charge >= 0.3 is 5.97 Å². The van der Waals surface area contributed by atoms with Crippen LogP contribution in [0.25, 0.3) is 6.08 Å². The first-order valence-corrected chi connectivity index (χ1v) is 7.59. The summed E-state index contributed by atoms with van der Waals surface area (Å²) in [5.74, 6) is -1.07. The molecule has 0 bridgehead atoms. The molecule has 0 heterocycles. The van der Waals surface area contributed by atoms with Crippen LogP contribution in [0, 0.1) is 11.3 Å². The maximum absolute atomic E-state index is 12.3. The van der Waals surface area contributed by atoms with E-state index in [1.54, 1.807) is 6.92 Å². The number of hydrogen-bond acceptors (Lipinski definition) is 4. The van der Waals surface area contributed by atoms with Crippen molar-refractivity contribution in [1.29, 1.82) is 5.26 Å². The van der Waals surface area contributed by atoms with E-state index in [0.29, 0.717) is 5.56 Å². The minimum absolute atomic E-state index is 0.0993. The predicted molar refractivity (Wildman–Crippen MR) is 77.8 cm³/mol. The monoisotopic (exact) mass is 308 g/mol. The number of rotatable bonds is 6. The first-order chi connectivity index (χ1) is 9.78. The summed E-state index contributed by atoms with van der Waals surface area (Å²) < 4.78 is 25.8. The third-order valence-corrected chi connectivity index (χ3v) is 4.97. The van der Waals surface area contributed by atoms with E-state index in [4.69, 9.17) is 10.4 Å². The Labute approximate surface area is 124 Å². The second kappa shape index (κ2) is 7.02. The van der Waals surface area contributed by atoms with Crippen LogP contribution in [0.4, 0.5) is 0 Å². The maximum atomic E-state index is 12.3. The van der Waals surface area contributed by atoms with E-state index in [9.17, 15) is 13.2 Å². The summed E-state index contributed by atoms with van der Waals surface area (Å²) in [7, 11) is -2.24. The second-order valence-electron chi connectivity index (χ2n) is 4.47. The molecule has 0 aliphatic carbocycles. The van der Waals surface area contributed by atoms with E-state index in [2.05, 4.69) is 0 Å². The molecule has 0 spiro atoms. The normalized spacial score (nSPS) is 13.2. The van der Waals surface area contributed by atoms with Gasteiger partial charge in [0.1, 0.15) is 0 Å². The van der Waals surface area contributed by atoms with Crippen LogP contribution < -0.4 is 0 Å². The molecule has 0 aliphatic rings. The van der Waals surface area contributed by atoms with Crippen molar-refractivity contribution in [2.75, 3.05) is 7.05 Å². The van der Waals surface area contributed by atoms with Gasteiger partial charge in [-0.1, -0.05) is 12.1 Å². The fourth-order valence-electron chi connectivity index (χ4n) is 1.58. The number of carboxylic acid groups (broad SMARTS) is 1. The Morgan fingerprint density at radius 2 is 2.00 bits per heavy atom. The third-order valence-electron chi connectivity index (χ3n) is 2.98. The van der Waals surface area contributed by atoms with Crippen molar-refractivity contribution in [1.82, 2.24) is 4.31 Å². The molecule has 1 unspecified atom stereocenters. The molecule has 1 atom stereocenters. The Morgan fingerprint density at radius 1 is 1.43 bits per heavy atom. The number of hydrogen-bond donors (Lipinski definition) is 1. The zero-order chi connectivity index (χ0) is 16.0. The highest BCUT2D eigenvalue weighted by molar-refractivity contribution is 7.89. The summed E-state index contributed by atoms with van der Waals surface area (Å²) in [5.41, 5.74) is 0.587. The summed E-state index contributed by atoms with van der Waals surface area (Å²) in [6, 6.07) is 7.38. The fraction of sp³-hybridized carbons (Fsp3) is 0.286. The molecule has 0 radical (unpaired) electrons. The molecule has 1 aromatic carbocycles. The molecule has 0 saturated carbocycles. The second-order valence-corrected chi connectivity index (χ2v) is 6.47. The van der Waals surface area contributed by atoms with Crippen LogP contribution >= 0.6 is 0 Å². The topological polar surface area (TPSA) is 98.5 Å². The predicted octanol–water partition coefficient (Wildman–Crippen LogP) is 1.71. The molecule has 21 heavy (non-hydrogen) atoms. The van der Waals surface area contributed by atoms with Gasteiger partial charge in [-0.15, -0.1) is 0 Å². The van der Waals surface area contributed by atoms with Crippen LogP contribution in [0.1, 0.15) is 18.9 Å². The number of sulfonamides is 1. The van der Waals surface area contributed by atoms with E-state index >= 15 is 0 Å². The van der Waals surface area contributed by atoms with Gasteiger partial charge in [-0.05, 0) is 30.7 Å². The highest BCUT2D eigenvalue weighted by atomic mass is 32.2. The zero-order valence-electron chi connectivity index (χ0n) is 11.7. The number of carboxylic acids is 1. The lowest BCUT2D eigenvalue weighted by Gasteiger charge is -2.22. The lowest BCUT2D eigenvalue weighted by atomic mass is 10.2. The number of carbonyl (C=O) groups is 1. The molecule has 1 N–H and O–H groups in total. The van der Waals surface area contributed by atoms with Crippen molar-refractivity contribution >= 4 is 22.1 Å². The highest BCUT2D eigenvalue weighted by Gasteiger charge is 2.24. The molecular formula is C14H16N2O4S. The smallest absolute Gasteiger partial charge is 0.328 e. The van der Waals surface area contributed by atoms with E-state index < -0.39 is 22.0 Å². The molecule has 0 amide bonds. The summed E-state index contributed by atoms with van der Waals surface area (Å²) >= 11 is 0. The molecule has 112 valence electrons. The minimum atomic E-state index is -3.67. The Hall–Kier alpha value is -2.17. The van der Waals surface area contributed by atoms with Crippen molar-refractivity contribution in [3.8, 4) is 6.07 Å². The van der Waals surface area contributed by atoms with Crippen molar-refractivity contribution in [2.45, 2.75) is 24.3 Å². The van der Waals surface area contributed by atoms with Crippen LogP contribution in [0.3, 0.4) is 0 Å². The standard InChI is InChI=1S/C14H16N2O4S/c1-11(9-10-15)16(2)21(19,20)13-6-3-12(4-7-13)5-8-14(17)18/h3-8,11H,9H2,1-2H3,(H,17,18). The van der Waals surface area contributed by atoms with Crippen LogP contribution in [-0.4, -0.2) is 36.9 Å². The first kappa shape index (κ1) is 16.9. The molecule has 6 nitrogen and oxygen atoms in total. The van der Waals surface area contributed by atoms with E-state index in [0.717, 1.165) is 10.4 Å². The van der Waals surface area contributed by atoms with Gasteiger partial charge < -0.3 is 5.11 Å². The Kier molecular flexibility index (Phi) is 5.64. The van der Waals surface area contributed by atoms with Gasteiger partial charge in [0.2, 0.25) is 10.0 Å². The van der Waals surface area contributed by atoms with Crippen LogP contribution in [0.15, 0.2) is 35.2 Å². The molecule has 7 heteroatoms. The lowest BCUT2D eigenvalue weighted by molar-refractivity contribution is -0.131. The minimum Gasteiger partial charge on any atom is -0.478 e. The van der Waals surface area contributed by atoms with Gasteiger partial charge in [0.15, 0.2) is 0 Å². The van der Waals surface area contributed by atoms with Gasteiger partial charge in [-0.2, -0.15) is 9.57 Å². The van der Waals surface area contributed by atoms with Crippen molar-refractivity contribution < 1.29 is 18.3 Å². The summed E-state index contributed by atoms with van der Waals surface area (Å²) in [6.45, 7) is 1.66. The number of nitriles is 1. The maximum Gasteiger partial charge on any atom is 0.328 e. The first-order valence-electron chi connectivity index (χ1n) is 6.15. The molecule has 0 aromatic heterocycles. The van der Waals surface area contributed by atoms with Gasteiger partial charge in [0.25, 0.3) is 0 Å². The molecule has 0 fully saturated rings. The Morgan fingerprint density at radius 3 is 2.48 bits per heavy atom. The molecule has 0 saturated heterocycles. The fourth-order valence-corrected chi connectivity index (χ4v) is 2.94. The van der Waals surface area contributed by atoms with Crippen molar-refractivity contribution in [2.24, 2.45) is 0 Å². The SMILES string of the molecule is CC(CC#N)N(C)S(=O)(=O)c1ccc(C=CC(=O)O)cc1. The number of aliphatic carboxylic acids is 1. The quantitative estimate of drug-likeness (QED) is 0.807. The number of nitrogens with zero attached hydrogens (tertiary/aromatic N) is 2. The summed E-state index contributed by atoms with van der Waals surface area (Å²) in [5, 5.41) is 17.2. The van der Waals surface area contributed by atoms with Crippen molar-refractivity contribution in [3.05, 3.63) is 35.9 Å². The molecular weight excluding hydrogens is 292 g/mol. The molecule has 0 aliphatic heterocycles. The van der Waals surface area contributed by atoms with Crippen LogP contribution in [0.2, 0.25) is 0 Å². The summed E-state index contributed by atoms with van der Waals surface area (Å²) in [6.07, 6.45) is 2.46. The van der Waals surface area contributed by atoms with Crippen molar-refractivity contribution in [3.63, 3.8) is 0 Å². The third kappa shape index (κ3) is 4.41. The van der Waals surface area contributed by atoms with Gasteiger partial charge in [0, 0.05) is 19.2 Å². The average Bonchev–Trinajstić information content (AvgIpc) is 2.45. The summed E-state index contributed by atoms with van der Waals surface area (Å²) in [4.78, 5) is 10.5. The van der Waals surface area contributed by atoms with E-state index in [1.165, 1.54) is 37.4 Å². The van der Waals surface area contributed by atoms with Gasteiger partial charge in [-0.25, -0.2) is 13.2 Å². The molecule has 1 aromatic rings. The average molecular weight is 308 g/mol. The van der Waals surface area contributed by atoms with Gasteiger partial charge in [0.05, 0.1) is 17.4 Å². The van der Waals surface area contributed by atoms with E-state index in [-0.39, 0.29) is 11.3 Å². The van der Waals surface area contributed by atoms with Gasteiger partial charge in [-0.3, -0.25) is 0 Å². The van der Waals surface area contributed by atoms with Crippen LogP contribution in [0.5, 0.6) is 0 Å². The lowest BCUT2D eigenvalue weighted by Crippen LogP contribution is -2.34. The zero-order valence-corrected chi connectivity index (χ0v) is 12.5. The Balaban J connectivity index is 3.00. The van der Waals surface area contributed by atoms with E-state index in [1.807, 2.05) is 6.07 Å². The largest absolute Gasteiger partial charge is 0.478 e. The molecule has 1 rings (SSSR count).